The molecular weight excluding hydrogens is 383 g/mol. The topological polar surface area (TPSA) is 55.1 Å². The van der Waals surface area contributed by atoms with E-state index in [1.807, 2.05) is 44.2 Å². The molecule has 1 amide bonds. The van der Waals surface area contributed by atoms with Crippen molar-refractivity contribution in [3.05, 3.63) is 75.7 Å². The first kappa shape index (κ1) is 19.5. The van der Waals surface area contributed by atoms with Crippen LogP contribution in [0.3, 0.4) is 0 Å². The number of rotatable bonds is 6. The molecule has 1 aromatic heterocycles. The Morgan fingerprint density at radius 3 is 2.63 bits per heavy atom. The lowest BCUT2D eigenvalue weighted by atomic mass is 10.1. The second-order valence-corrected chi connectivity index (χ2v) is 7.28. The van der Waals surface area contributed by atoms with Gasteiger partial charge < -0.3 is 9.73 Å². The molecule has 0 fully saturated rings. The number of aryl methyl sites for hydroxylation is 2. The number of amides is 1. The van der Waals surface area contributed by atoms with E-state index in [0.717, 1.165) is 11.1 Å². The van der Waals surface area contributed by atoms with Crippen molar-refractivity contribution < 1.29 is 9.21 Å². The summed E-state index contributed by atoms with van der Waals surface area (Å²) in [5, 5.41) is 4.03. The third-order valence-corrected chi connectivity index (χ3v) is 4.82. The molecule has 6 heteroatoms. The zero-order chi connectivity index (χ0) is 19.4. The molecule has 0 aliphatic carbocycles. The van der Waals surface area contributed by atoms with E-state index in [1.165, 1.54) is 5.56 Å². The Bertz CT molecular complexity index is 936. The first-order valence-electron chi connectivity index (χ1n) is 8.68. The quantitative estimate of drug-likeness (QED) is 0.569. The molecule has 0 spiro atoms. The zero-order valence-corrected chi connectivity index (χ0v) is 16.6. The van der Waals surface area contributed by atoms with E-state index in [9.17, 15) is 4.79 Å². The van der Waals surface area contributed by atoms with Crippen molar-refractivity contribution in [2.45, 2.75) is 32.7 Å². The maximum atomic E-state index is 12.2. The molecule has 0 saturated carbocycles. The van der Waals surface area contributed by atoms with Crippen LogP contribution in [0.5, 0.6) is 0 Å². The van der Waals surface area contributed by atoms with Crippen molar-refractivity contribution in [3.63, 3.8) is 0 Å². The number of aromatic nitrogens is 1. The van der Waals surface area contributed by atoms with Crippen molar-refractivity contribution in [2.24, 2.45) is 0 Å². The van der Waals surface area contributed by atoms with Crippen LogP contribution in [0.25, 0.3) is 11.3 Å². The van der Waals surface area contributed by atoms with Crippen molar-refractivity contribution in [2.75, 3.05) is 0 Å². The van der Waals surface area contributed by atoms with E-state index in [2.05, 4.69) is 10.3 Å². The van der Waals surface area contributed by atoms with Gasteiger partial charge in [0, 0.05) is 28.5 Å². The van der Waals surface area contributed by atoms with Crippen LogP contribution < -0.4 is 5.32 Å². The molecule has 3 aromatic rings. The Morgan fingerprint density at radius 1 is 1.19 bits per heavy atom. The predicted molar refractivity (Wildman–Crippen MR) is 108 cm³/mol. The third kappa shape index (κ3) is 5.12. The van der Waals surface area contributed by atoms with Gasteiger partial charge in [0.05, 0.1) is 12.2 Å². The normalized spacial score (nSPS) is 12.0. The molecule has 2 aromatic carbocycles. The number of hydrogen-bond acceptors (Lipinski definition) is 3. The molecule has 0 bridgehead atoms. The van der Waals surface area contributed by atoms with Crippen molar-refractivity contribution in [1.82, 2.24) is 10.3 Å². The molecule has 27 heavy (non-hydrogen) atoms. The maximum Gasteiger partial charge on any atom is 0.220 e. The summed E-state index contributed by atoms with van der Waals surface area (Å²) in [6.45, 7) is 3.92. The zero-order valence-electron chi connectivity index (χ0n) is 15.1. The van der Waals surface area contributed by atoms with E-state index in [4.69, 9.17) is 27.6 Å². The number of nitrogens with one attached hydrogen (secondary N) is 1. The van der Waals surface area contributed by atoms with Gasteiger partial charge in [-0.25, -0.2) is 4.98 Å². The first-order valence-corrected chi connectivity index (χ1v) is 9.44. The Morgan fingerprint density at radius 2 is 1.93 bits per heavy atom. The number of oxazole rings is 1. The summed E-state index contributed by atoms with van der Waals surface area (Å²) >= 11 is 12.1. The maximum absolute atomic E-state index is 12.2. The lowest BCUT2D eigenvalue weighted by Gasteiger charge is -2.15. The lowest BCUT2D eigenvalue weighted by molar-refractivity contribution is -0.121. The SMILES string of the molecule is Cc1ccc(-c2cnc(CCC(=O)NC(C)c3ccc(Cl)cc3Cl)o2)cc1. The summed E-state index contributed by atoms with van der Waals surface area (Å²) < 4.78 is 5.75. The first-order chi connectivity index (χ1) is 12.9. The fraction of sp³-hybridized carbons (Fsp3) is 0.238. The second kappa shape index (κ2) is 8.59. The summed E-state index contributed by atoms with van der Waals surface area (Å²) in [6, 6.07) is 13.0. The summed E-state index contributed by atoms with van der Waals surface area (Å²) in [7, 11) is 0. The van der Waals surface area contributed by atoms with Crippen LogP contribution in [0.4, 0.5) is 0 Å². The molecule has 140 valence electrons. The van der Waals surface area contributed by atoms with Crippen LogP contribution in [0.15, 0.2) is 53.1 Å². The van der Waals surface area contributed by atoms with Crippen LogP contribution in [0, 0.1) is 6.92 Å². The van der Waals surface area contributed by atoms with Crippen molar-refractivity contribution in [3.8, 4) is 11.3 Å². The van der Waals surface area contributed by atoms with Crippen molar-refractivity contribution in [1.29, 1.82) is 0 Å². The summed E-state index contributed by atoms with van der Waals surface area (Å²) in [5.74, 6) is 1.15. The fourth-order valence-electron chi connectivity index (χ4n) is 2.74. The number of nitrogens with zero attached hydrogens (tertiary/aromatic N) is 1. The molecule has 3 rings (SSSR count). The summed E-state index contributed by atoms with van der Waals surface area (Å²) in [6.07, 6.45) is 2.40. The van der Waals surface area contributed by atoms with E-state index in [1.54, 1.807) is 18.3 Å². The monoisotopic (exact) mass is 402 g/mol. The standard InChI is InChI=1S/C21H20Cl2N2O2/c1-13-3-5-15(6-4-13)19-12-24-21(27-19)10-9-20(26)25-14(2)17-8-7-16(22)11-18(17)23/h3-8,11-12,14H,9-10H2,1-2H3,(H,25,26). The van der Waals surface area contributed by atoms with Gasteiger partial charge in [-0.2, -0.15) is 0 Å². The molecular formula is C21H20Cl2N2O2. The van der Waals surface area contributed by atoms with E-state index < -0.39 is 0 Å². The van der Waals surface area contributed by atoms with E-state index in [-0.39, 0.29) is 18.4 Å². The van der Waals surface area contributed by atoms with Crippen LogP contribution in [0.1, 0.15) is 36.4 Å². The molecule has 1 unspecified atom stereocenters. The number of benzene rings is 2. The highest BCUT2D eigenvalue weighted by Gasteiger charge is 2.14. The highest BCUT2D eigenvalue weighted by molar-refractivity contribution is 6.35. The second-order valence-electron chi connectivity index (χ2n) is 6.44. The smallest absolute Gasteiger partial charge is 0.220 e. The van der Waals surface area contributed by atoms with Gasteiger partial charge in [0.1, 0.15) is 0 Å². The average Bonchev–Trinajstić information content (AvgIpc) is 3.09. The molecule has 0 aliphatic rings. The number of hydrogen-bond donors (Lipinski definition) is 1. The van der Waals surface area contributed by atoms with E-state index >= 15 is 0 Å². The molecule has 1 N–H and O–H groups in total. The third-order valence-electron chi connectivity index (χ3n) is 4.26. The summed E-state index contributed by atoms with van der Waals surface area (Å²) in [5.41, 5.74) is 2.98. The van der Waals surface area contributed by atoms with Crippen LogP contribution in [-0.2, 0) is 11.2 Å². The minimum atomic E-state index is -0.213. The molecule has 1 heterocycles. The Balaban J connectivity index is 1.55. The van der Waals surface area contributed by atoms with Gasteiger partial charge in [0.2, 0.25) is 5.91 Å². The van der Waals surface area contributed by atoms with Crippen LogP contribution >= 0.6 is 23.2 Å². The van der Waals surface area contributed by atoms with E-state index in [0.29, 0.717) is 28.1 Å². The number of carbonyl (C=O) groups excluding carboxylic acids is 1. The van der Waals surface area contributed by atoms with Gasteiger partial charge >= 0.3 is 0 Å². The van der Waals surface area contributed by atoms with Gasteiger partial charge in [-0.1, -0.05) is 59.1 Å². The fourth-order valence-corrected chi connectivity index (χ4v) is 3.31. The Labute approximate surface area is 168 Å². The lowest BCUT2D eigenvalue weighted by Crippen LogP contribution is -2.27. The minimum absolute atomic E-state index is 0.0939. The number of carbonyl (C=O) groups is 1. The molecule has 1 atom stereocenters. The largest absolute Gasteiger partial charge is 0.441 e. The Hall–Kier alpha value is -2.30. The highest BCUT2D eigenvalue weighted by atomic mass is 35.5. The minimum Gasteiger partial charge on any atom is -0.441 e. The van der Waals surface area contributed by atoms with Crippen LogP contribution in [0.2, 0.25) is 10.0 Å². The summed E-state index contributed by atoms with van der Waals surface area (Å²) in [4.78, 5) is 16.5. The molecule has 0 aliphatic heterocycles. The van der Waals surface area contributed by atoms with Crippen LogP contribution in [-0.4, -0.2) is 10.9 Å². The molecule has 4 nitrogen and oxygen atoms in total. The van der Waals surface area contributed by atoms with Gasteiger partial charge in [0.25, 0.3) is 0 Å². The Kier molecular flexibility index (Phi) is 6.19. The highest BCUT2D eigenvalue weighted by Crippen LogP contribution is 2.26. The van der Waals surface area contributed by atoms with Gasteiger partial charge in [-0.3, -0.25) is 4.79 Å². The molecule has 0 radical (unpaired) electrons. The van der Waals surface area contributed by atoms with Crippen molar-refractivity contribution >= 4 is 29.1 Å². The van der Waals surface area contributed by atoms with Gasteiger partial charge in [-0.05, 0) is 31.5 Å². The molecule has 0 saturated heterocycles. The predicted octanol–water partition coefficient (Wildman–Crippen LogP) is 5.77. The average molecular weight is 403 g/mol. The van der Waals surface area contributed by atoms with Gasteiger partial charge in [0.15, 0.2) is 11.7 Å². The van der Waals surface area contributed by atoms with Gasteiger partial charge in [-0.15, -0.1) is 0 Å². The number of halogens is 2.